The Morgan fingerprint density at radius 2 is 2.20 bits per heavy atom. The lowest BCUT2D eigenvalue weighted by Gasteiger charge is -2.22. The first kappa shape index (κ1) is 15.3. The van der Waals surface area contributed by atoms with Crippen LogP contribution in [0.2, 0.25) is 0 Å². The summed E-state index contributed by atoms with van der Waals surface area (Å²) in [6.45, 7) is 5.00. The van der Waals surface area contributed by atoms with E-state index < -0.39 is 5.60 Å². The molecule has 5 heteroatoms. The van der Waals surface area contributed by atoms with Crippen molar-refractivity contribution in [3.63, 3.8) is 0 Å². The van der Waals surface area contributed by atoms with Gasteiger partial charge in [0.25, 0.3) is 5.91 Å². The maximum Gasteiger partial charge on any atom is 0.267 e. The Kier molecular flexibility index (Phi) is 5.40. The molecular weight excluding hydrogens is 256 g/mol. The first-order chi connectivity index (χ1) is 9.60. The summed E-state index contributed by atoms with van der Waals surface area (Å²) in [6, 6.07) is 0. The molecule has 5 nitrogen and oxygen atoms in total. The molecule has 1 atom stereocenters. The van der Waals surface area contributed by atoms with Crippen molar-refractivity contribution in [2.24, 2.45) is 5.16 Å². The molecule has 0 aromatic rings. The number of nitrogens with one attached hydrogen (secondary N) is 1. The molecule has 1 unspecified atom stereocenters. The average molecular weight is 282 g/mol. The number of hydrogen-bond acceptors (Lipinski definition) is 4. The topological polar surface area (TPSA) is 59.9 Å². The van der Waals surface area contributed by atoms with E-state index in [1.54, 1.807) is 6.92 Å². The summed E-state index contributed by atoms with van der Waals surface area (Å²) in [5.74, 6) is -0.0873. The predicted molar refractivity (Wildman–Crippen MR) is 77.7 cm³/mol. The van der Waals surface area contributed by atoms with Gasteiger partial charge in [0, 0.05) is 19.6 Å². The van der Waals surface area contributed by atoms with Crippen LogP contribution < -0.4 is 5.32 Å². The summed E-state index contributed by atoms with van der Waals surface area (Å²) in [5.41, 5.74) is 0.0391. The number of amides is 1. The second-order valence-electron chi connectivity index (χ2n) is 6.07. The standard InChI is InChI=1S/C15H26N2O3/c1-12-11-15(2,20-17-12)14(18)16-9-6-10-19-13-7-4-3-5-8-13/h13H,3-11H2,1-2H3,(H,16,18). The smallest absolute Gasteiger partial charge is 0.267 e. The molecule has 1 heterocycles. The molecule has 1 aliphatic carbocycles. The highest BCUT2D eigenvalue weighted by Crippen LogP contribution is 2.23. The zero-order chi connectivity index (χ0) is 14.4. The highest BCUT2D eigenvalue weighted by Gasteiger charge is 2.40. The fourth-order valence-electron chi connectivity index (χ4n) is 2.80. The molecule has 0 spiro atoms. The summed E-state index contributed by atoms with van der Waals surface area (Å²) in [5, 5.41) is 6.75. The van der Waals surface area contributed by atoms with Gasteiger partial charge in [-0.15, -0.1) is 0 Å². The van der Waals surface area contributed by atoms with Crippen LogP contribution in [0.4, 0.5) is 0 Å². The molecular formula is C15H26N2O3. The molecule has 1 saturated carbocycles. The van der Waals surface area contributed by atoms with Crippen LogP contribution in [0.25, 0.3) is 0 Å². The van der Waals surface area contributed by atoms with Crippen molar-refractivity contribution in [2.45, 2.75) is 70.5 Å². The Morgan fingerprint density at radius 3 is 2.85 bits per heavy atom. The molecule has 1 fully saturated rings. The van der Waals surface area contributed by atoms with E-state index in [1.165, 1.54) is 32.1 Å². The zero-order valence-corrected chi connectivity index (χ0v) is 12.6. The average Bonchev–Trinajstić information content (AvgIpc) is 2.80. The van der Waals surface area contributed by atoms with E-state index in [1.807, 2.05) is 6.92 Å². The van der Waals surface area contributed by atoms with Crippen molar-refractivity contribution in [1.29, 1.82) is 0 Å². The number of oxime groups is 1. The number of carbonyl (C=O) groups is 1. The lowest BCUT2D eigenvalue weighted by Crippen LogP contribution is -2.45. The van der Waals surface area contributed by atoms with Gasteiger partial charge in [-0.25, -0.2) is 0 Å². The normalized spacial score (nSPS) is 27.0. The van der Waals surface area contributed by atoms with Gasteiger partial charge in [0.2, 0.25) is 5.60 Å². The third-order valence-electron chi connectivity index (χ3n) is 3.99. The molecule has 114 valence electrons. The van der Waals surface area contributed by atoms with Crippen LogP contribution in [0.15, 0.2) is 5.16 Å². The Labute approximate surface area is 121 Å². The zero-order valence-electron chi connectivity index (χ0n) is 12.6. The minimum absolute atomic E-state index is 0.0873. The second kappa shape index (κ2) is 7.07. The highest BCUT2D eigenvalue weighted by atomic mass is 16.7. The van der Waals surface area contributed by atoms with E-state index in [4.69, 9.17) is 9.57 Å². The fraction of sp³-hybridized carbons (Fsp3) is 0.867. The summed E-state index contributed by atoms with van der Waals surface area (Å²) >= 11 is 0. The van der Waals surface area contributed by atoms with Crippen molar-refractivity contribution in [2.75, 3.05) is 13.2 Å². The third kappa shape index (κ3) is 4.20. The SMILES string of the molecule is CC1=NOC(C)(C(=O)NCCCOC2CCCCC2)C1. The molecule has 2 rings (SSSR count). The molecule has 0 aromatic heterocycles. The van der Waals surface area contributed by atoms with E-state index in [9.17, 15) is 4.79 Å². The van der Waals surface area contributed by atoms with Crippen LogP contribution in [0.1, 0.15) is 58.8 Å². The molecule has 0 saturated heterocycles. The molecule has 0 radical (unpaired) electrons. The van der Waals surface area contributed by atoms with Gasteiger partial charge in [0.05, 0.1) is 11.8 Å². The molecule has 2 aliphatic rings. The molecule has 1 amide bonds. The van der Waals surface area contributed by atoms with Crippen LogP contribution in [0.5, 0.6) is 0 Å². The largest absolute Gasteiger partial charge is 0.379 e. The van der Waals surface area contributed by atoms with Gasteiger partial charge >= 0.3 is 0 Å². The van der Waals surface area contributed by atoms with E-state index in [0.717, 1.165) is 18.7 Å². The Hall–Kier alpha value is -1.10. The van der Waals surface area contributed by atoms with Gasteiger partial charge in [0.15, 0.2) is 0 Å². The number of hydrogen-bond donors (Lipinski definition) is 1. The summed E-state index contributed by atoms with van der Waals surface area (Å²) in [6.07, 6.45) is 8.15. The maximum atomic E-state index is 12.0. The van der Waals surface area contributed by atoms with Gasteiger partial charge in [-0.3, -0.25) is 4.79 Å². The van der Waals surface area contributed by atoms with E-state index in [0.29, 0.717) is 19.1 Å². The molecule has 0 aromatic carbocycles. The van der Waals surface area contributed by atoms with Crippen molar-refractivity contribution >= 4 is 11.6 Å². The van der Waals surface area contributed by atoms with E-state index in [-0.39, 0.29) is 5.91 Å². The van der Waals surface area contributed by atoms with Crippen LogP contribution >= 0.6 is 0 Å². The monoisotopic (exact) mass is 282 g/mol. The molecule has 0 bridgehead atoms. The lowest BCUT2D eigenvalue weighted by molar-refractivity contribution is -0.141. The second-order valence-corrected chi connectivity index (χ2v) is 6.07. The third-order valence-corrected chi connectivity index (χ3v) is 3.99. The summed E-state index contributed by atoms with van der Waals surface area (Å²) in [4.78, 5) is 17.2. The number of rotatable bonds is 6. The minimum atomic E-state index is -0.825. The van der Waals surface area contributed by atoms with E-state index >= 15 is 0 Å². The first-order valence-electron chi connectivity index (χ1n) is 7.72. The quantitative estimate of drug-likeness (QED) is 0.761. The Bertz CT molecular complexity index is 364. The lowest BCUT2D eigenvalue weighted by atomic mass is 9.98. The summed E-state index contributed by atoms with van der Waals surface area (Å²) in [7, 11) is 0. The highest BCUT2D eigenvalue weighted by molar-refractivity contribution is 5.94. The fourth-order valence-corrected chi connectivity index (χ4v) is 2.80. The maximum absolute atomic E-state index is 12.0. The number of nitrogens with zero attached hydrogens (tertiary/aromatic N) is 1. The Balaban J connectivity index is 1.55. The predicted octanol–water partition coefficient (Wildman–Crippen LogP) is 2.40. The van der Waals surface area contributed by atoms with Gasteiger partial charge in [-0.1, -0.05) is 24.4 Å². The van der Waals surface area contributed by atoms with Gasteiger partial charge in [-0.05, 0) is 33.1 Å². The summed E-state index contributed by atoms with van der Waals surface area (Å²) < 4.78 is 5.83. The van der Waals surface area contributed by atoms with E-state index in [2.05, 4.69) is 10.5 Å². The van der Waals surface area contributed by atoms with Crippen LogP contribution in [-0.2, 0) is 14.4 Å². The minimum Gasteiger partial charge on any atom is -0.379 e. The van der Waals surface area contributed by atoms with Crippen molar-refractivity contribution in [3.05, 3.63) is 0 Å². The van der Waals surface area contributed by atoms with Crippen LogP contribution in [0.3, 0.4) is 0 Å². The molecule has 1 aliphatic heterocycles. The number of ether oxygens (including phenoxy) is 1. The van der Waals surface area contributed by atoms with Crippen LogP contribution in [-0.4, -0.2) is 36.5 Å². The Morgan fingerprint density at radius 1 is 1.45 bits per heavy atom. The van der Waals surface area contributed by atoms with Crippen molar-refractivity contribution in [3.8, 4) is 0 Å². The van der Waals surface area contributed by atoms with Gasteiger partial charge < -0.3 is 14.9 Å². The molecule has 20 heavy (non-hydrogen) atoms. The van der Waals surface area contributed by atoms with Crippen molar-refractivity contribution < 1.29 is 14.4 Å². The molecule has 1 N–H and O–H groups in total. The van der Waals surface area contributed by atoms with Gasteiger partial charge in [-0.2, -0.15) is 0 Å². The van der Waals surface area contributed by atoms with Crippen LogP contribution in [0, 0.1) is 0 Å². The first-order valence-corrected chi connectivity index (χ1v) is 7.72. The van der Waals surface area contributed by atoms with Crippen molar-refractivity contribution in [1.82, 2.24) is 5.32 Å². The van der Waals surface area contributed by atoms with Gasteiger partial charge in [0.1, 0.15) is 0 Å². The number of carbonyl (C=O) groups excluding carboxylic acids is 1.